The molecule has 0 atom stereocenters. The summed E-state index contributed by atoms with van der Waals surface area (Å²) in [6, 6.07) is 15.7. The van der Waals surface area contributed by atoms with Gasteiger partial charge in [-0.25, -0.2) is 0 Å². The summed E-state index contributed by atoms with van der Waals surface area (Å²) in [6.07, 6.45) is 2.44. The van der Waals surface area contributed by atoms with E-state index in [2.05, 4.69) is 10.3 Å². The van der Waals surface area contributed by atoms with E-state index in [0.717, 1.165) is 38.7 Å². The number of carbonyl (C=O) groups excluding carboxylic acids is 1. The highest BCUT2D eigenvalue weighted by molar-refractivity contribution is 5.99. The maximum atomic E-state index is 12.5. The van der Waals surface area contributed by atoms with Gasteiger partial charge in [0.15, 0.2) is 5.76 Å². The fourth-order valence-corrected chi connectivity index (χ4v) is 3.33. The Bertz CT molecular complexity index is 1140. The fourth-order valence-electron chi connectivity index (χ4n) is 3.33. The Balaban J connectivity index is 1.34. The van der Waals surface area contributed by atoms with Gasteiger partial charge >= 0.3 is 0 Å². The van der Waals surface area contributed by atoms with Crippen molar-refractivity contribution >= 4 is 27.8 Å². The smallest absolute Gasteiger partial charge is 0.287 e. The SMILES string of the molecule is Cc1c(C(=O)NCCCOc2cccc3cccnc23)oc2c(C)cccc12. The molecule has 2 heterocycles. The predicted molar refractivity (Wildman–Crippen MR) is 110 cm³/mol. The van der Waals surface area contributed by atoms with Crippen molar-refractivity contribution in [2.75, 3.05) is 13.2 Å². The van der Waals surface area contributed by atoms with Crippen LogP contribution in [0.5, 0.6) is 5.75 Å². The molecule has 0 unspecified atom stereocenters. The minimum atomic E-state index is -0.195. The van der Waals surface area contributed by atoms with Crippen LogP contribution in [0.2, 0.25) is 0 Å². The van der Waals surface area contributed by atoms with E-state index in [9.17, 15) is 4.79 Å². The summed E-state index contributed by atoms with van der Waals surface area (Å²) in [5.41, 5.74) is 3.52. The number of fused-ring (bicyclic) bond motifs is 2. The molecular formula is C23H22N2O3. The van der Waals surface area contributed by atoms with Crippen molar-refractivity contribution in [1.82, 2.24) is 10.3 Å². The molecule has 4 rings (SSSR count). The zero-order chi connectivity index (χ0) is 19.5. The molecule has 0 saturated carbocycles. The van der Waals surface area contributed by atoms with E-state index >= 15 is 0 Å². The first-order valence-electron chi connectivity index (χ1n) is 9.38. The number of nitrogens with zero attached hydrogens (tertiary/aromatic N) is 1. The van der Waals surface area contributed by atoms with Crippen molar-refractivity contribution in [1.29, 1.82) is 0 Å². The quantitative estimate of drug-likeness (QED) is 0.493. The second kappa shape index (κ2) is 7.72. The first kappa shape index (κ1) is 18.0. The number of furan rings is 1. The van der Waals surface area contributed by atoms with E-state index in [1.165, 1.54) is 0 Å². The minimum absolute atomic E-state index is 0.195. The number of pyridine rings is 1. The second-order valence-corrected chi connectivity index (χ2v) is 6.80. The Kier molecular flexibility index (Phi) is 4.98. The van der Waals surface area contributed by atoms with Gasteiger partial charge in [-0.15, -0.1) is 0 Å². The molecule has 0 aliphatic heterocycles. The van der Waals surface area contributed by atoms with Gasteiger partial charge in [0, 0.05) is 29.1 Å². The lowest BCUT2D eigenvalue weighted by molar-refractivity contribution is 0.0925. The van der Waals surface area contributed by atoms with Crippen molar-refractivity contribution in [3.8, 4) is 5.75 Å². The molecule has 5 heteroatoms. The van der Waals surface area contributed by atoms with Crippen molar-refractivity contribution in [3.63, 3.8) is 0 Å². The molecule has 0 aliphatic rings. The first-order valence-corrected chi connectivity index (χ1v) is 9.38. The number of aromatic nitrogens is 1. The normalized spacial score (nSPS) is 11.1. The lowest BCUT2D eigenvalue weighted by atomic mass is 10.1. The van der Waals surface area contributed by atoms with Crippen molar-refractivity contribution in [2.24, 2.45) is 0 Å². The summed E-state index contributed by atoms with van der Waals surface area (Å²) in [5.74, 6) is 0.941. The monoisotopic (exact) mass is 374 g/mol. The Morgan fingerprint density at radius 1 is 1.11 bits per heavy atom. The molecule has 0 fully saturated rings. The average molecular weight is 374 g/mol. The molecule has 0 aliphatic carbocycles. The fraction of sp³-hybridized carbons (Fsp3) is 0.217. The van der Waals surface area contributed by atoms with Crippen molar-refractivity contribution < 1.29 is 13.9 Å². The molecule has 2 aromatic heterocycles. The second-order valence-electron chi connectivity index (χ2n) is 6.80. The molecule has 1 amide bonds. The average Bonchev–Trinajstić information content (AvgIpc) is 3.06. The number of amides is 1. The summed E-state index contributed by atoms with van der Waals surface area (Å²) in [5, 5.41) is 4.94. The third-order valence-corrected chi connectivity index (χ3v) is 4.83. The molecule has 0 spiro atoms. The lowest BCUT2D eigenvalue weighted by Crippen LogP contribution is -2.25. The summed E-state index contributed by atoms with van der Waals surface area (Å²) >= 11 is 0. The number of nitrogens with one attached hydrogen (secondary N) is 1. The Morgan fingerprint density at radius 3 is 2.79 bits per heavy atom. The van der Waals surface area contributed by atoms with Gasteiger partial charge in [0.05, 0.1) is 6.61 Å². The molecule has 1 N–H and O–H groups in total. The summed E-state index contributed by atoms with van der Waals surface area (Å²) in [7, 11) is 0. The standard InChI is InChI=1S/C23H22N2O3/c1-15-7-3-10-18-16(2)22(28-21(15)18)23(26)25-13-6-14-27-19-11-4-8-17-9-5-12-24-20(17)19/h3-5,7-12H,6,13-14H2,1-2H3,(H,25,26). The number of carbonyl (C=O) groups is 1. The van der Waals surface area contributed by atoms with E-state index in [4.69, 9.17) is 9.15 Å². The van der Waals surface area contributed by atoms with E-state index in [1.807, 2.05) is 62.4 Å². The molecular weight excluding hydrogens is 352 g/mol. The Hall–Kier alpha value is -3.34. The molecule has 28 heavy (non-hydrogen) atoms. The van der Waals surface area contributed by atoms with E-state index in [-0.39, 0.29) is 5.91 Å². The Labute approximate surface area is 163 Å². The number of benzene rings is 2. The highest BCUT2D eigenvalue weighted by atomic mass is 16.5. The van der Waals surface area contributed by atoms with Crippen LogP contribution in [0.25, 0.3) is 21.9 Å². The first-order chi connectivity index (χ1) is 13.6. The van der Waals surface area contributed by atoms with Gasteiger partial charge in [0.1, 0.15) is 16.8 Å². The number of rotatable bonds is 6. The molecule has 0 radical (unpaired) electrons. The van der Waals surface area contributed by atoms with Gasteiger partial charge in [-0.2, -0.15) is 0 Å². The topological polar surface area (TPSA) is 64.4 Å². The van der Waals surface area contributed by atoms with Crippen molar-refractivity contribution in [3.05, 3.63) is 71.6 Å². The molecule has 0 bridgehead atoms. The third-order valence-electron chi connectivity index (χ3n) is 4.83. The largest absolute Gasteiger partial charge is 0.491 e. The van der Waals surface area contributed by atoms with Gasteiger partial charge in [0.25, 0.3) is 5.91 Å². The zero-order valence-corrected chi connectivity index (χ0v) is 16.0. The molecule has 5 nitrogen and oxygen atoms in total. The van der Waals surface area contributed by atoms with E-state index < -0.39 is 0 Å². The lowest BCUT2D eigenvalue weighted by Gasteiger charge is -2.09. The molecule has 142 valence electrons. The van der Waals surface area contributed by atoms with Crippen LogP contribution in [0.4, 0.5) is 0 Å². The maximum Gasteiger partial charge on any atom is 0.287 e. The highest BCUT2D eigenvalue weighted by Crippen LogP contribution is 2.27. The maximum absolute atomic E-state index is 12.5. The number of para-hydroxylation sites is 2. The van der Waals surface area contributed by atoms with Crippen LogP contribution in [0.15, 0.2) is 59.1 Å². The van der Waals surface area contributed by atoms with Gasteiger partial charge in [-0.05, 0) is 38.0 Å². The molecule has 4 aromatic rings. The van der Waals surface area contributed by atoms with Crippen LogP contribution in [0, 0.1) is 13.8 Å². The molecule has 0 saturated heterocycles. The molecule has 2 aromatic carbocycles. The third kappa shape index (κ3) is 3.43. The van der Waals surface area contributed by atoms with Crippen LogP contribution in [0.3, 0.4) is 0 Å². The zero-order valence-electron chi connectivity index (χ0n) is 16.0. The van der Waals surface area contributed by atoms with Gasteiger partial charge < -0.3 is 14.5 Å². The van der Waals surface area contributed by atoms with Gasteiger partial charge in [0.2, 0.25) is 0 Å². The minimum Gasteiger partial charge on any atom is -0.491 e. The van der Waals surface area contributed by atoms with Gasteiger partial charge in [-0.3, -0.25) is 9.78 Å². The number of hydrogen-bond donors (Lipinski definition) is 1. The Morgan fingerprint density at radius 2 is 1.93 bits per heavy atom. The van der Waals surface area contributed by atoms with Crippen molar-refractivity contribution in [2.45, 2.75) is 20.3 Å². The van der Waals surface area contributed by atoms with E-state index in [0.29, 0.717) is 25.3 Å². The number of hydrogen-bond acceptors (Lipinski definition) is 4. The van der Waals surface area contributed by atoms with Crippen LogP contribution in [-0.2, 0) is 0 Å². The van der Waals surface area contributed by atoms with Crippen LogP contribution in [-0.4, -0.2) is 24.0 Å². The summed E-state index contributed by atoms with van der Waals surface area (Å²) in [6.45, 7) is 4.89. The number of aryl methyl sites for hydroxylation is 2. The van der Waals surface area contributed by atoms with Crippen LogP contribution in [0.1, 0.15) is 28.1 Å². The highest BCUT2D eigenvalue weighted by Gasteiger charge is 2.18. The van der Waals surface area contributed by atoms with Crippen LogP contribution < -0.4 is 10.1 Å². The number of ether oxygens (including phenoxy) is 1. The van der Waals surface area contributed by atoms with Crippen LogP contribution >= 0.6 is 0 Å². The van der Waals surface area contributed by atoms with Gasteiger partial charge in [-0.1, -0.05) is 36.4 Å². The summed E-state index contributed by atoms with van der Waals surface area (Å²) < 4.78 is 11.7. The summed E-state index contributed by atoms with van der Waals surface area (Å²) in [4.78, 5) is 16.9. The predicted octanol–water partition coefficient (Wildman–Crippen LogP) is 4.80. The van der Waals surface area contributed by atoms with E-state index in [1.54, 1.807) is 6.20 Å².